The van der Waals surface area contributed by atoms with Crippen LogP contribution in [0.25, 0.3) is 21.6 Å². The molecule has 2 aromatic heterocycles. The SMILES string of the molecule is Cc1cccc(C)c1OCC(=O)Nc1cccc(-c2nc(NC(P(=O)(O)O)P(=O)(O)O)c3ccsc3n2)c1. The van der Waals surface area contributed by atoms with Gasteiger partial charge in [-0.15, -0.1) is 11.3 Å². The van der Waals surface area contributed by atoms with Crippen LogP contribution in [0.15, 0.2) is 53.9 Å². The fraction of sp³-hybridized carbons (Fsp3) is 0.174. The number of hydrogen-bond donors (Lipinski definition) is 6. The lowest BCUT2D eigenvalue weighted by molar-refractivity contribution is -0.118. The molecule has 0 fully saturated rings. The van der Waals surface area contributed by atoms with Crippen LogP contribution in [0.5, 0.6) is 5.75 Å². The van der Waals surface area contributed by atoms with Crippen molar-refractivity contribution in [3.05, 3.63) is 65.0 Å². The van der Waals surface area contributed by atoms with Crippen molar-refractivity contribution in [2.75, 3.05) is 17.2 Å². The van der Waals surface area contributed by atoms with Crippen molar-refractivity contribution in [2.45, 2.75) is 19.4 Å². The van der Waals surface area contributed by atoms with Crippen LogP contribution in [0.4, 0.5) is 11.5 Å². The minimum atomic E-state index is -5.26. The van der Waals surface area contributed by atoms with Crippen LogP contribution in [0.1, 0.15) is 11.1 Å². The fourth-order valence-corrected chi connectivity index (χ4v) is 6.59. The van der Waals surface area contributed by atoms with Crippen LogP contribution in [0, 0.1) is 13.8 Å². The maximum Gasteiger partial charge on any atom is 0.360 e. The van der Waals surface area contributed by atoms with Gasteiger partial charge in [-0.1, -0.05) is 30.3 Å². The average Bonchev–Trinajstić information content (AvgIpc) is 3.30. The summed E-state index contributed by atoms with van der Waals surface area (Å²) in [5, 5.41) is 6.96. The molecular weight excluding hydrogens is 554 g/mol. The summed E-state index contributed by atoms with van der Waals surface area (Å²) in [5.41, 5.74) is 0.199. The number of ether oxygens (including phenoxy) is 1. The minimum Gasteiger partial charge on any atom is -0.483 e. The summed E-state index contributed by atoms with van der Waals surface area (Å²) < 4.78 is 29.3. The molecule has 6 N–H and O–H groups in total. The van der Waals surface area contributed by atoms with Crippen LogP contribution >= 0.6 is 26.5 Å². The third-order valence-corrected chi connectivity index (χ3v) is 9.53. The number of nitrogens with zero attached hydrogens (tertiary/aromatic N) is 2. The molecule has 1 amide bonds. The predicted molar refractivity (Wildman–Crippen MR) is 144 cm³/mol. The molecule has 15 heteroatoms. The van der Waals surface area contributed by atoms with Crippen molar-refractivity contribution >= 4 is 54.2 Å². The molecule has 38 heavy (non-hydrogen) atoms. The number of rotatable bonds is 9. The molecule has 0 spiro atoms. The van der Waals surface area contributed by atoms with Gasteiger partial charge in [-0.3, -0.25) is 13.9 Å². The van der Waals surface area contributed by atoms with Crippen LogP contribution in [0.2, 0.25) is 0 Å². The first-order valence-electron chi connectivity index (χ1n) is 11.0. The van der Waals surface area contributed by atoms with Crippen molar-refractivity contribution in [3.8, 4) is 17.1 Å². The maximum absolute atomic E-state index is 12.5. The van der Waals surface area contributed by atoms with E-state index in [1.807, 2.05) is 32.0 Å². The number of para-hydroxylation sites is 1. The zero-order chi connectivity index (χ0) is 27.7. The normalized spacial score (nSPS) is 12.1. The summed E-state index contributed by atoms with van der Waals surface area (Å²) >= 11 is 1.21. The Kier molecular flexibility index (Phi) is 8.01. The van der Waals surface area contributed by atoms with E-state index in [9.17, 15) is 33.5 Å². The Morgan fingerprint density at radius 2 is 1.66 bits per heavy atom. The third kappa shape index (κ3) is 6.46. The summed E-state index contributed by atoms with van der Waals surface area (Å²) in [7, 11) is -10.5. The second-order valence-electron chi connectivity index (χ2n) is 8.37. The second kappa shape index (κ2) is 10.9. The van der Waals surface area contributed by atoms with Gasteiger partial charge < -0.3 is 34.9 Å². The fourth-order valence-electron chi connectivity index (χ4n) is 3.68. The molecule has 4 aromatic rings. The lowest BCUT2D eigenvalue weighted by Crippen LogP contribution is -2.21. The molecule has 0 saturated carbocycles. The van der Waals surface area contributed by atoms with E-state index in [1.54, 1.807) is 35.7 Å². The Morgan fingerprint density at radius 1 is 1.00 bits per heavy atom. The highest BCUT2D eigenvalue weighted by atomic mass is 32.1. The topological polar surface area (TPSA) is 191 Å². The summed E-state index contributed by atoms with van der Waals surface area (Å²) in [6.07, 6.45) is 0. The lowest BCUT2D eigenvalue weighted by Gasteiger charge is -2.21. The zero-order valence-corrected chi connectivity index (χ0v) is 22.7. The molecule has 0 unspecified atom stereocenters. The van der Waals surface area contributed by atoms with Gasteiger partial charge in [0.15, 0.2) is 12.4 Å². The van der Waals surface area contributed by atoms with Gasteiger partial charge in [-0.25, -0.2) is 9.97 Å². The quantitative estimate of drug-likeness (QED) is 0.157. The Balaban J connectivity index is 1.59. The van der Waals surface area contributed by atoms with Gasteiger partial charge >= 0.3 is 15.2 Å². The number of hydrogen-bond acceptors (Lipinski definition) is 8. The van der Waals surface area contributed by atoms with E-state index in [0.717, 1.165) is 11.1 Å². The van der Waals surface area contributed by atoms with E-state index in [2.05, 4.69) is 20.6 Å². The molecule has 200 valence electrons. The number of benzene rings is 2. The molecule has 0 saturated heterocycles. The lowest BCUT2D eigenvalue weighted by atomic mass is 10.1. The van der Waals surface area contributed by atoms with Gasteiger partial charge in [0.25, 0.3) is 5.91 Å². The highest BCUT2D eigenvalue weighted by Crippen LogP contribution is 2.59. The smallest absolute Gasteiger partial charge is 0.360 e. The van der Waals surface area contributed by atoms with Crippen LogP contribution < -0.4 is 15.4 Å². The second-order valence-corrected chi connectivity index (χ2v) is 13.1. The van der Waals surface area contributed by atoms with E-state index < -0.39 is 26.6 Å². The Bertz CT molecular complexity index is 1560. The number of aryl methyl sites for hydroxylation is 2. The first-order chi connectivity index (χ1) is 17.8. The summed E-state index contributed by atoms with van der Waals surface area (Å²) in [6.45, 7) is 3.56. The first kappa shape index (κ1) is 27.9. The third-order valence-electron chi connectivity index (χ3n) is 5.39. The number of fused-ring (bicyclic) bond motifs is 1. The van der Waals surface area contributed by atoms with Crippen molar-refractivity contribution in [1.82, 2.24) is 9.97 Å². The van der Waals surface area contributed by atoms with E-state index in [4.69, 9.17) is 4.74 Å². The van der Waals surface area contributed by atoms with Crippen molar-refractivity contribution in [1.29, 1.82) is 0 Å². The minimum absolute atomic E-state index is 0.112. The zero-order valence-electron chi connectivity index (χ0n) is 20.1. The number of carbonyl (C=O) groups excluding carboxylic acids is 1. The number of carbonyl (C=O) groups is 1. The van der Waals surface area contributed by atoms with E-state index in [0.29, 0.717) is 27.2 Å². The highest BCUT2D eigenvalue weighted by molar-refractivity contribution is 7.71. The molecule has 0 atom stereocenters. The molecule has 0 radical (unpaired) electrons. The van der Waals surface area contributed by atoms with Crippen molar-refractivity contribution in [2.24, 2.45) is 0 Å². The van der Waals surface area contributed by atoms with Crippen LogP contribution in [0.3, 0.4) is 0 Å². The standard InChI is InChI=1S/C23H24N4O8P2S/c1-13-5-3-6-14(2)19(13)35-12-18(28)24-16-8-4-7-15(11-16)20-25-21(17-9-10-38-22(17)26-20)27-23(36(29,30)31)37(32,33)34/h3-11,23H,12H2,1-2H3,(H,24,28)(H,25,26,27)(H2,29,30,31)(H2,32,33,34). The van der Waals surface area contributed by atoms with E-state index in [1.165, 1.54) is 11.3 Å². The monoisotopic (exact) mass is 578 g/mol. The molecule has 0 bridgehead atoms. The van der Waals surface area contributed by atoms with Crippen molar-refractivity contribution < 1.29 is 38.2 Å². The largest absolute Gasteiger partial charge is 0.483 e. The molecule has 0 aliphatic rings. The maximum atomic E-state index is 12.5. The Morgan fingerprint density at radius 3 is 2.32 bits per heavy atom. The molecular formula is C23H24N4O8P2S. The van der Waals surface area contributed by atoms with Crippen LogP contribution in [-0.4, -0.2) is 47.6 Å². The Labute approximate surface area is 221 Å². The first-order valence-corrected chi connectivity index (χ1v) is 15.3. The number of anilines is 2. The molecule has 0 aliphatic heterocycles. The van der Waals surface area contributed by atoms with Gasteiger partial charge in [-0.2, -0.15) is 0 Å². The van der Waals surface area contributed by atoms with Gasteiger partial charge in [0.1, 0.15) is 16.4 Å². The Hall–Kier alpha value is -3.15. The molecule has 0 aliphatic carbocycles. The van der Waals surface area contributed by atoms with Gasteiger partial charge in [-0.05, 0) is 48.6 Å². The molecule has 12 nitrogen and oxygen atoms in total. The van der Waals surface area contributed by atoms with E-state index in [-0.39, 0.29) is 18.2 Å². The number of nitrogens with one attached hydrogen (secondary N) is 2. The predicted octanol–water partition coefficient (Wildman–Crippen LogP) is 4.04. The molecule has 2 aromatic carbocycles. The molecule has 2 heterocycles. The van der Waals surface area contributed by atoms with Crippen molar-refractivity contribution in [3.63, 3.8) is 0 Å². The number of aromatic nitrogens is 2. The summed E-state index contributed by atoms with van der Waals surface area (Å²) in [4.78, 5) is 59.8. The summed E-state index contributed by atoms with van der Waals surface area (Å²) in [5.74, 6) is 0.200. The number of amides is 1. The number of thiophene rings is 1. The van der Waals surface area contributed by atoms with Gasteiger partial charge in [0.05, 0.1) is 5.39 Å². The van der Waals surface area contributed by atoms with Gasteiger partial charge in [0, 0.05) is 11.3 Å². The average molecular weight is 578 g/mol. The van der Waals surface area contributed by atoms with E-state index >= 15 is 0 Å². The highest BCUT2D eigenvalue weighted by Gasteiger charge is 2.44. The molecule has 4 rings (SSSR count). The van der Waals surface area contributed by atoms with Gasteiger partial charge in [0.2, 0.25) is 5.52 Å². The summed E-state index contributed by atoms with van der Waals surface area (Å²) in [6, 6.07) is 13.8. The van der Waals surface area contributed by atoms with Crippen LogP contribution in [-0.2, 0) is 13.9 Å².